The first-order valence-electron chi connectivity index (χ1n) is 7.41. The van der Waals surface area contributed by atoms with Crippen LogP contribution in [0.15, 0.2) is 11.2 Å². The number of aromatic nitrogens is 2. The summed E-state index contributed by atoms with van der Waals surface area (Å²) in [6.45, 7) is 4.06. The van der Waals surface area contributed by atoms with E-state index in [0.29, 0.717) is 24.9 Å². The van der Waals surface area contributed by atoms with E-state index in [1.807, 2.05) is 4.57 Å². The lowest BCUT2D eigenvalue weighted by molar-refractivity contribution is 0.446. The van der Waals surface area contributed by atoms with Crippen LogP contribution in [0.1, 0.15) is 18.7 Å². The zero-order valence-electron chi connectivity index (χ0n) is 11.9. The molecule has 0 aromatic carbocycles. The number of sulfonamides is 1. The summed E-state index contributed by atoms with van der Waals surface area (Å²) < 4.78 is 29.1. The van der Waals surface area contributed by atoms with E-state index in [4.69, 9.17) is 0 Å². The summed E-state index contributed by atoms with van der Waals surface area (Å²) in [5, 5.41) is 3.59. The average molecular weight is 333 g/mol. The van der Waals surface area contributed by atoms with Crippen molar-refractivity contribution in [2.75, 3.05) is 26.2 Å². The smallest absolute Gasteiger partial charge is 0.262 e. The Bertz CT molecular complexity index is 595. The third-order valence-electron chi connectivity index (χ3n) is 4.85. The van der Waals surface area contributed by atoms with Gasteiger partial charge in [-0.2, -0.15) is 4.31 Å². The minimum atomic E-state index is -3.40. The van der Waals surface area contributed by atoms with Crippen LogP contribution in [0.3, 0.4) is 0 Å². The molecule has 0 aliphatic carbocycles. The molecule has 2 saturated heterocycles. The van der Waals surface area contributed by atoms with Crippen LogP contribution in [0, 0.1) is 11.8 Å². The molecule has 1 N–H and O–H groups in total. The van der Waals surface area contributed by atoms with Crippen LogP contribution in [0.25, 0.3) is 0 Å². The molecule has 0 radical (unpaired) electrons. The summed E-state index contributed by atoms with van der Waals surface area (Å²) in [5.74, 6) is 1.87. The molecule has 4 rings (SSSR count). The molecule has 6 nitrogen and oxygen atoms in total. The van der Waals surface area contributed by atoms with E-state index in [1.54, 1.807) is 10.5 Å². The molecule has 21 heavy (non-hydrogen) atoms. The van der Waals surface area contributed by atoms with E-state index >= 15 is 0 Å². The van der Waals surface area contributed by atoms with Gasteiger partial charge in [-0.05, 0) is 37.8 Å². The fraction of sp³-hybridized carbons (Fsp3) is 0.769. The van der Waals surface area contributed by atoms with E-state index in [2.05, 4.69) is 10.3 Å². The van der Waals surface area contributed by atoms with Crippen molar-refractivity contribution in [1.82, 2.24) is 19.2 Å². The zero-order chi connectivity index (χ0) is 13.7. The van der Waals surface area contributed by atoms with E-state index in [0.717, 1.165) is 44.7 Å². The van der Waals surface area contributed by atoms with Crippen LogP contribution in [-0.4, -0.2) is 48.5 Å². The standard InChI is InChI=1S/C13H20N4O2S.ClH/c18-20(19,17-7-10-5-14-6-11(10)8-17)13-9-16-4-2-1-3-12(16)15-13;/h9-11,14H,1-8H2;1H/t10-,11+;. The Balaban J connectivity index is 0.00000132. The summed E-state index contributed by atoms with van der Waals surface area (Å²) in [6, 6.07) is 0. The molecule has 118 valence electrons. The number of aryl methyl sites for hydroxylation is 2. The number of nitrogens with zero attached hydrogens (tertiary/aromatic N) is 3. The summed E-state index contributed by atoms with van der Waals surface area (Å²) in [4.78, 5) is 4.38. The Morgan fingerprint density at radius 1 is 1.19 bits per heavy atom. The highest BCUT2D eigenvalue weighted by molar-refractivity contribution is 7.89. The van der Waals surface area contributed by atoms with Crippen molar-refractivity contribution in [2.24, 2.45) is 11.8 Å². The largest absolute Gasteiger partial charge is 0.333 e. The molecular formula is C13H21ClN4O2S. The van der Waals surface area contributed by atoms with Gasteiger partial charge in [0.1, 0.15) is 5.82 Å². The molecule has 1 aromatic heterocycles. The maximum Gasteiger partial charge on any atom is 0.262 e. The lowest BCUT2D eigenvalue weighted by Crippen LogP contribution is -2.32. The average Bonchev–Trinajstić information content (AvgIpc) is 3.11. The summed E-state index contributed by atoms with van der Waals surface area (Å²) in [7, 11) is -3.40. The van der Waals surface area contributed by atoms with Gasteiger partial charge in [0, 0.05) is 32.3 Å². The first kappa shape index (κ1) is 15.3. The number of fused-ring (bicyclic) bond motifs is 2. The molecule has 0 saturated carbocycles. The normalized spacial score (nSPS) is 29.0. The maximum atomic E-state index is 12.7. The van der Waals surface area contributed by atoms with Crippen LogP contribution in [-0.2, 0) is 23.0 Å². The molecule has 0 amide bonds. The lowest BCUT2D eigenvalue weighted by Gasteiger charge is -2.15. The molecule has 0 bridgehead atoms. The molecule has 2 atom stereocenters. The van der Waals surface area contributed by atoms with Crippen LogP contribution < -0.4 is 5.32 Å². The molecule has 1 aromatic rings. The topological polar surface area (TPSA) is 67.2 Å². The highest BCUT2D eigenvalue weighted by Crippen LogP contribution is 2.31. The quantitative estimate of drug-likeness (QED) is 0.855. The van der Waals surface area contributed by atoms with Gasteiger partial charge in [-0.15, -0.1) is 12.4 Å². The van der Waals surface area contributed by atoms with Gasteiger partial charge >= 0.3 is 0 Å². The van der Waals surface area contributed by atoms with Crippen molar-refractivity contribution < 1.29 is 8.42 Å². The number of nitrogens with one attached hydrogen (secondary N) is 1. The molecule has 0 unspecified atom stereocenters. The predicted molar refractivity (Wildman–Crippen MR) is 81.0 cm³/mol. The van der Waals surface area contributed by atoms with Crippen molar-refractivity contribution in [1.29, 1.82) is 0 Å². The highest BCUT2D eigenvalue weighted by atomic mass is 35.5. The second-order valence-electron chi connectivity index (χ2n) is 6.15. The molecule has 3 aliphatic heterocycles. The molecule has 0 spiro atoms. The number of halogens is 1. The molecule has 8 heteroatoms. The second-order valence-corrected chi connectivity index (χ2v) is 8.03. The third kappa shape index (κ3) is 2.50. The van der Waals surface area contributed by atoms with Crippen molar-refractivity contribution in [3.05, 3.63) is 12.0 Å². The summed E-state index contributed by atoms with van der Waals surface area (Å²) in [6.07, 6.45) is 4.85. The minimum absolute atomic E-state index is 0. The van der Waals surface area contributed by atoms with Crippen molar-refractivity contribution in [3.63, 3.8) is 0 Å². The van der Waals surface area contributed by atoms with Gasteiger partial charge in [0.2, 0.25) is 0 Å². The Kier molecular flexibility index (Phi) is 4.02. The minimum Gasteiger partial charge on any atom is -0.333 e. The van der Waals surface area contributed by atoms with Gasteiger partial charge in [-0.1, -0.05) is 0 Å². The molecular weight excluding hydrogens is 312 g/mol. The van der Waals surface area contributed by atoms with Gasteiger partial charge in [-0.3, -0.25) is 0 Å². The Hall–Kier alpha value is -0.630. The van der Waals surface area contributed by atoms with Gasteiger partial charge in [-0.25, -0.2) is 13.4 Å². The van der Waals surface area contributed by atoms with Crippen LogP contribution in [0.5, 0.6) is 0 Å². The van der Waals surface area contributed by atoms with Crippen LogP contribution in [0.2, 0.25) is 0 Å². The van der Waals surface area contributed by atoms with E-state index in [9.17, 15) is 8.42 Å². The van der Waals surface area contributed by atoms with Crippen LogP contribution >= 0.6 is 12.4 Å². The van der Waals surface area contributed by atoms with E-state index in [-0.39, 0.29) is 17.4 Å². The van der Waals surface area contributed by atoms with Crippen LogP contribution in [0.4, 0.5) is 0 Å². The Morgan fingerprint density at radius 3 is 2.57 bits per heavy atom. The number of hydrogen-bond donors (Lipinski definition) is 1. The lowest BCUT2D eigenvalue weighted by atomic mass is 10.0. The maximum absolute atomic E-state index is 12.7. The van der Waals surface area contributed by atoms with Crippen molar-refractivity contribution in [2.45, 2.75) is 30.8 Å². The monoisotopic (exact) mass is 332 g/mol. The SMILES string of the molecule is Cl.O=S(=O)(c1cn2c(n1)CCCC2)N1C[C@H]2CNC[C@H]2C1. The molecule has 3 aliphatic rings. The van der Waals surface area contributed by atoms with E-state index in [1.165, 1.54) is 0 Å². The van der Waals surface area contributed by atoms with Gasteiger partial charge in [0.15, 0.2) is 5.03 Å². The summed E-state index contributed by atoms with van der Waals surface area (Å²) in [5.41, 5.74) is 0. The predicted octanol–water partition coefficient (Wildman–Crippen LogP) is 0.481. The van der Waals surface area contributed by atoms with E-state index < -0.39 is 10.0 Å². The van der Waals surface area contributed by atoms with Gasteiger partial charge in [0.05, 0.1) is 0 Å². The highest BCUT2D eigenvalue weighted by Gasteiger charge is 2.42. The number of rotatable bonds is 2. The first-order chi connectivity index (χ1) is 9.64. The zero-order valence-corrected chi connectivity index (χ0v) is 13.5. The Morgan fingerprint density at radius 2 is 1.90 bits per heavy atom. The third-order valence-corrected chi connectivity index (χ3v) is 6.55. The fourth-order valence-corrected chi connectivity index (χ4v) is 5.17. The number of imidazole rings is 1. The van der Waals surface area contributed by atoms with Crippen molar-refractivity contribution >= 4 is 22.4 Å². The van der Waals surface area contributed by atoms with Gasteiger partial charge < -0.3 is 9.88 Å². The summed E-state index contributed by atoms with van der Waals surface area (Å²) >= 11 is 0. The first-order valence-corrected chi connectivity index (χ1v) is 8.85. The van der Waals surface area contributed by atoms with Crippen molar-refractivity contribution in [3.8, 4) is 0 Å². The number of hydrogen-bond acceptors (Lipinski definition) is 4. The molecule has 2 fully saturated rings. The molecule has 4 heterocycles. The van der Waals surface area contributed by atoms with Gasteiger partial charge in [0.25, 0.3) is 10.0 Å². The Labute approximate surface area is 131 Å². The fourth-order valence-electron chi connectivity index (χ4n) is 3.65. The second kappa shape index (κ2) is 5.53.